The molecule has 0 bridgehead atoms. The topological polar surface area (TPSA) is 3.88 Å². The van der Waals surface area contributed by atoms with E-state index in [1.165, 1.54) is 58.8 Å². The van der Waals surface area contributed by atoms with Crippen LogP contribution in [0.4, 0.5) is 0 Å². The lowest BCUT2D eigenvalue weighted by atomic mass is 9.84. The van der Waals surface area contributed by atoms with Gasteiger partial charge in [-0.2, -0.15) is 4.57 Å². The Balaban J connectivity index is 2.01. The first-order valence-corrected chi connectivity index (χ1v) is 9.35. The van der Waals surface area contributed by atoms with Crippen molar-refractivity contribution in [2.75, 3.05) is 0 Å². The zero-order valence-electron chi connectivity index (χ0n) is 14.6. The molecule has 1 aliphatic heterocycles. The summed E-state index contributed by atoms with van der Waals surface area (Å²) in [5.41, 5.74) is 7.81. The van der Waals surface area contributed by atoms with Crippen molar-refractivity contribution in [1.82, 2.24) is 0 Å². The Labute approximate surface area is 144 Å². The number of benzene rings is 2. The lowest BCUT2D eigenvalue weighted by Crippen LogP contribution is -2.56. The Kier molecular flexibility index (Phi) is 2.92. The van der Waals surface area contributed by atoms with Crippen LogP contribution < -0.4 is 4.57 Å². The van der Waals surface area contributed by atoms with Crippen LogP contribution in [0, 0.1) is 0 Å². The van der Waals surface area contributed by atoms with Gasteiger partial charge in [0.1, 0.15) is 0 Å². The van der Waals surface area contributed by atoms with Gasteiger partial charge in [-0.15, -0.1) is 0 Å². The summed E-state index contributed by atoms with van der Waals surface area (Å²) < 4.78 is 2.65. The minimum Gasteiger partial charge on any atom is -0.192 e. The highest BCUT2D eigenvalue weighted by Crippen LogP contribution is 2.43. The van der Waals surface area contributed by atoms with Crippen molar-refractivity contribution >= 4 is 10.8 Å². The molecule has 0 unspecified atom stereocenters. The third-order valence-corrected chi connectivity index (χ3v) is 6.61. The third-order valence-electron chi connectivity index (χ3n) is 6.61. The van der Waals surface area contributed by atoms with E-state index in [0.717, 1.165) is 6.42 Å². The van der Waals surface area contributed by atoms with Gasteiger partial charge in [-0.1, -0.05) is 50.2 Å². The Morgan fingerprint density at radius 1 is 0.917 bits per heavy atom. The first kappa shape index (κ1) is 14.2. The molecular weight excluding hydrogens is 290 g/mol. The zero-order valence-corrected chi connectivity index (χ0v) is 14.6. The third kappa shape index (κ3) is 1.68. The zero-order chi connectivity index (χ0) is 16.3. The maximum absolute atomic E-state index is 2.65. The average Bonchev–Trinajstić information content (AvgIpc) is 2.78. The van der Waals surface area contributed by atoms with Crippen LogP contribution in [0.15, 0.2) is 48.7 Å². The van der Waals surface area contributed by atoms with Gasteiger partial charge < -0.3 is 0 Å². The predicted octanol–water partition coefficient (Wildman–Crippen LogP) is 5.16. The van der Waals surface area contributed by atoms with Crippen molar-refractivity contribution in [3.05, 3.63) is 65.4 Å². The van der Waals surface area contributed by atoms with Crippen molar-refractivity contribution in [1.29, 1.82) is 0 Å². The first-order chi connectivity index (χ1) is 11.8. The quantitative estimate of drug-likeness (QED) is 0.450. The molecule has 0 saturated heterocycles. The van der Waals surface area contributed by atoms with Crippen LogP contribution in [0.3, 0.4) is 0 Å². The average molecular weight is 314 g/mol. The fraction of sp³-hybridized carbons (Fsp3) is 0.348. The molecule has 0 saturated carbocycles. The fourth-order valence-corrected chi connectivity index (χ4v) is 5.14. The number of aryl methyl sites for hydroxylation is 1. The van der Waals surface area contributed by atoms with Gasteiger partial charge in [0.05, 0.1) is 10.9 Å². The summed E-state index contributed by atoms with van der Waals surface area (Å²) in [6.45, 7) is 4.72. The van der Waals surface area contributed by atoms with E-state index in [2.05, 4.69) is 67.1 Å². The molecule has 0 amide bonds. The summed E-state index contributed by atoms with van der Waals surface area (Å²) in [5, 5.41) is 2.88. The van der Waals surface area contributed by atoms with E-state index in [1.54, 1.807) is 5.56 Å². The Morgan fingerprint density at radius 3 is 2.50 bits per heavy atom. The van der Waals surface area contributed by atoms with Gasteiger partial charge in [0.25, 0.3) is 0 Å². The van der Waals surface area contributed by atoms with Crippen LogP contribution in [-0.2, 0) is 18.4 Å². The SMILES string of the molecule is CCC1(CC)CCc2cccc3c2-c2c4c(cccc4cc[n+]21)C3. The van der Waals surface area contributed by atoms with Gasteiger partial charge in [0.2, 0.25) is 5.69 Å². The van der Waals surface area contributed by atoms with E-state index < -0.39 is 0 Å². The summed E-state index contributed by atoms with van der Waals surface area (Å²) >= 11 is 0. The van der Waals surface area contributed by atoms with Crippen LogP contribution in [-0.4, -0.2) is 0 Å². The number of aromatic nitrogens is 1. The summed E-state index contributed by atoms with van der Waals surface area (Å²) in [4.78, 5) is 0. The molecule has 3 aromatic rings. The Hall–Kier alpha value is -2.15. The molecule has 120 valence electrons. The van der Waals surface area contributed by atoms with Crippen molar-refractivity contribution in [3.8, 4) is 11.3 Å². The second kappa shape index (κ2) is 4.92. The molecule has 0 spiro atoms. The van der Waals surface area contributed by atoms with Crippen molar-refractivity contribution in [3.63, 3.8) is 0 Å². The first-order valence-electron chi connectivity index (χ1n) is 9.35. The van der Waals surface area contributed by atoms with E-state index in [0.29, 0.717) is 0 Å². The standard InChI is InChI=1S/C23H24N/c1-3-23(4-2)13-11-16-7-5-9-18-15-19-10-6-8-17-12-14-24(23)22(20(16)18)21(17)19/h5-10,12,14H,3-4,11,13,15H2,1-2H3/q+1. The molecule has 0 atom stereocenters. The van der Waals surface area contributed by atoms with Crippen molar-refractivity contribution in [2.45, 2.75) is 51.5 Å². The van der Waals surface area contributed by atoms with Crippen LogP contribution in [0.2, 0.25) is 0 Å². The number of hydrogen-bond acceptors (Lipinski definition) is 0. The second-order valence-corrected chi connectivity index (χ2v) is 7.48. The second-order valence-electron chi connectivity index (χ2n) is 7.48. The van der Waals surface area contributed by atoms with Gasteiger partial charge >= 0.3 is 0 Å². The molecule has 1 aromatic heterocycles. The maximum Gasteiger partial charge on any atom is 0.221 e. The highest BCUT2D eigenvalue weighted by molar-refractivity contribution is 5.99. The monoisotopic (exact) mass is 314 g/mol. The van der Waals surface area contributed by atoms with Crippen LogP contribution in [0.25, 0.3) is 22.0 Å². The van der Waals surface area contributed by atoms with E-state index in [-0.39, 0.29) is 5.54 Å². The molecule has 0 fully saturated rings. The number of pyridine rings is 1. The van der Waals surface area contributed by atoms with Crippen LogP contribution >= 0.6 is 0 Å². The van der Waals surface area contributed by atoms with Crippen molar-refractivity contribution < 1.29 is 4.57 Å². The molecule has 0 radical (unpaired) electrons. The van der Waals surface area contributed by atoms with Gasteiger partial charge in [0.15, 0.2) is 11.7 Å². The summed E-state index contributed by atoms with van der Waals surface area (Å²) in [5.74, 6) is 0. The Morgan fingerprint density at radius 2 is 1.67 bits per heavy atom. The summed E-state index contributed by atoms with van der Waals surface area (Å²) in [7, 11) is 0. The maximum atomic E-state index is 2.65. The normalized spacial score (nSPS) is 16.9. The molecule has 1 aliphatic carbocycles. The van der Waals surface area contributed by atoms with Gasteiger partial charge in [-0.25, -0.2) is 0 Å². The highest BCUT2D eigenvalue weighted by atomic mass is 15.1. The lowest BCUT2D eigenvalue weighted by molar-refractivity contribution is -0.756. The number of hydrogen-bond donors (Lipinski definition) is 0. The highest BCUT2D eigenvalue weighted by Gasteiger charge is 2.43. The minimum atomic E-state index is 0.240. The number of nitrogens with zero attached hydrogens (tertiary/aromatic N) is 1. The molecule has 1 nitrogen and oxygen atoms in total. The van der Waals surface area contributed by atoms with E-state index in [1.807, 2.05) is 0 Å². The lowest BCUT2D eigenvalue weighted by Gasteiger charge is -2.28. The van der Waals surface area contributed by atoms with Gasteiger partial charge in [-0.05, 0) is 34.9 Å². The van der Waals surface area contributed by atoms with Crippen LogP contribution in [0.5, 0.6) is 0 Å². The summed E-state index contributed by atoms with van der Waals surface area (Å²) in [6.07, 6.45) is 8.25. The van der Waals surface area contributed by atoms with E-state index in [9.17, 15) is 0 Å². The fourth-order valence-electron chi connectivity index (χ4n) is 5.14. The molecule has 2 heterocycles. The molecule has 2 aromatic carbocycles. The Bertz CT molecular complexity index is 963. The van der Waals surface area contributed by atoms with E-state index >= 15 is 0 Å². The van der Waals surface area contributed by atoms with Crippen molar-refractivity contribution in [2.24, 2.45) is 0 Å². The summed E-state index contributed by atoms with van der Waals surface area (Å²) in [6, 6.07) is 16.1. The molecule has 5 rings (SSSR count). The van der Waals surface area contributed by atoms with Gasteiger partial charge in [-0.3, -0.25) is 0 Å². The number of rotatable bonds is 2. The van der Waals surface area contributed by atoms with E-state index in [4.69, 9.17) is 0 Å². The molecule has 0 N–H and O–H groups in total. The molecular formula is C23H24N+. The molecule has 24 heavy (non-hydrogen) atoms. The van der Waals surface area contributed by atoms with Crippen LogP contribution in [0.1, 0.15) is 49.8 Å². The largest absolute Gasteiger partial charge is 0.221 e. The molecule has 1 heteroatoms. The predicted molar refractivity (Wildman–Crippen MR) is 99.3 cm³/mol. The minimum absolute atomic E-state index is 0.240. The van der Waals surface area contributed by atoms with Gasteiger partial charge in [0, 0.05) is 25.3 Å². The molecule has 2 aliphatic rings. The smallest absolute Gasteiger partial charge is 0.192 e.